The topological polar surface area (TPSA) is 104 Å². The molecule has 2 heterocycles. The van der Waals surface area contributed by atoms with Crippen molar-refractivity contribution in [3.63, 3.8) is 0 Å². The molecule has 0 spiro atoms. The average Bonchev–Trinajstić information content (AvgIpc) is 2.95. The number of carbonyl (C=O) groups excluding carboxylic acids is 1. The van der Waals surface area contributed by atoms with E-state index in [0.29, 0.717) is 15.8 Å². The Balaban J connectivity index is 1.95. The van der Waals surface area contributed by atoms with Gasteiger partial charge in [-0.05, 0) is 33.3 Å². The van der Waals surface area contributed by atoms with Crippen LogP contribution in [0.4, 0.5) is 13.6 Å². The van der Waals surface area contributed by atoms with Crippen molar-refractivity contribution in [1.82, 2.24) is 20.0 Å². The number of fused-ring (bicyclic) bond motifs is 1. The van der Waals surface area contributed by atoms with Crippen molar-refractivity contribution in [1.29, 1.82) is 0 Å². The monoisotopic (exact) mass is 474 g/mol. The van der Waals surface area contributed by atoms with Gasteiger partial charge in [-0.15, -0.1) is 11.3 Å². The molecule has 0 unspecified atom stereocenters. The number of hydrogen-bond acceptors (Lipinski definition) is 7. The summed E-state index contributed by atoms with van der Waals surface area (Å²) >= 11 is 1.23. The number of hydrogen-bond donors (Lipinski definition) is 2. The van der Waals surface area contributed by atoms with Gasteiger partial charge >= 0.3 is 11.8 Å². The van der Waals surface area contributed by atoms with Gasteiger partial charge in [-0.1, -0.05) is 0 Å². The quantitative estimate of drug-likeness (QED) is 0.598. The molecule has 3 rings (SSSR count). The first-order valence-corrected chi connectivity index (χ1v) is 11.0. The second-order valence-corrected chi connectivity index (χ2v) is 9.91. The van der Waals surface area contributed by atoms with E-state index >= 15 is 0 Å². The highest BCUT2D eigenvalue weighted by atomic mass is 32.1. The summed E-state index contributed by atoms with van der Waals surface area (Å²) in [6.07, 6.45) is -1.72. The van der Waals surface area contributed by atoms with Gasteiger partial charge in [0.25, 0.3) is 11.5 Å². The Kier molecular flexibility index (Phi) is 6.78. The molecule has 2 aromatic rings. The Morgan fingerprint density at radius 3 is 2.50 bits per heavy atom. The molecule has 0 aromatic carbocycles. The number of amides is 1. The minimum atomic E-state index is -2.87. The number of hydrazine groups is 1. The van der Waals surface area contributed by atoms with E-state index in [9.17, 15) is 23.2 Å². The molecule has 0 aliphatic heterocycles. The van der Waals surface area contributed by atoms with Crippen LogP contribution in [0.3, 0.4) is 0 Å². The van der Waals surface area contributed by atoms with Crippen LogP contribution < -0.4 is 22.1 Å². The van der Waals surface area contributed by atoms with Gasteiger partial charge < -0.3 is 9.47 Å². The van der Waals surface area contributed by atoms with E-state index < -0.39 is 47.7 Å². The zero-order valence-corrected chi connectivity index (χ0v) is 19.5. The summed E-state index contributed by atoms with van der Waals surface area (Å²) in [5.41, 5.74) is 3.97. The highest BCUT2D eigenvalue weighted by Gasteiger charge is 2.47. The third kappa shape index (κ3) is 5.02. The summed E-state index contributed by atoms with van der Waals surface area (Å²) in [6, 6.07) is -0.835. The maximum atomic E-state index is 13.5. The number of nitrogens with zero attached hydrogens (tertiary/aromatic N) is 2. The van der Waals surface area contributed by atoms with Crippen molar-refractivity contribution in [2.24, 2.45) is 0 Å². The number of halogens is 2. The number of carbonyl (C=O) groups is 1. The molecule has 1 aliphatic rings. The number of thiophene rings is 1. The van der Waals surface area contributed by atoms with Gasteiger partial charge in [-0.25, -0.2) is 23.8 Å². The number of aromatic nitrogens is 2. The summed E-state index contributed by atoms with van der Waals surface area (Å²) in [5.74, 6) is -2.87. The summed E-state index contributed by atoms with van der Waals surface area (Å²) in [5, 5.41) is 0.315. The van der Waals surface area contributed by atoms with Gasteiger partial charge in [-0.2, -0.15) is 0 Å². The van der Waals surface area contributed by atoms with Crippen LogP contribution in [0.5, 0.6) is 0 Å². The number of nitrogens with one attached hydrogen (secondary N) is 2. The minimum Gasteiger partial charge on any atom is -0.443 e. The maximum absolute atomic E-state index is 13.5. The Morgan fingerprint density at radius 2 is 1.94 bits per heavy atom. The number of aryl methyl sites for hydroxylation is 1. The molecule has 1 aliphatic carbocycles. The molecule has 178 valence electrons. The third-order valence-corrected chi connectivity index (χ3v) is 6.45. The van der Waals surface area contributed by atoms with Crippen LogP contribution >= 0.6 is 11.3 Å². The number of rotatable bonds is 7. The Hall–Kier alpha value is -2.31. The number of alkyl halides is 2. The molecule has 32 heavy (non-hydrogen) atoms. The van der Waals surface area contributed by atoms with Gasteiger partial charge in [0.15, 0.2) is 0 Å². The fourth-order valence-corrected chi connectivity index (χ4v) is 4.85. The highest BCUT2D eigenvalue weighted by Crippen LogP contribution is 2.44. The lowest BCUT2D eigenvalue weighted by molar-refractivity contribution is -0.106. The number of methoxy groups -OCH3 is 1. The molecule has 12 heteroatoms. The molecule has 0 saturated heterocycles. The second-order valence-electron chi connectivity index (χ2n) is 8.83. The summed E-state index contributed by atoms with van der Waals surface area (Å²) in [7, 11) is 1.49. The first-order chi connectivity index (χ1) is 14.8. The van der Waals surface area contributed by atoms with Crippen molar-refractivity contribution >= 4 is 27.6 Å². The van der Waals surface area contributed by atoms with Crippen LogP contribution in [0.25, 0.3) is 10.2 Å². The molecule has 2 N–H and O–H groups in total. The van der Waals surface area contributed by atoms with Crippen LogP contribution in [0, 0.1) is 6.92 Å². The molecule has 1 saturated carbocycles. The molecule has 1 amide bonds. The predicted molar refractivity (Wildman–Crippen MR) is 116 cm³/mol. The van der Waals surface area contributed by atoms with Crippen molar-refractivity contribution in [3.8, 4) is 0 Å². The van der Waals surface area contributed by atoms with Gasteiger partial charge in [0, 0.05) is 31.4 Å². The number of ether oxygens (including phenoxy) is 2. The molecule has 0 radical (unpaired) electrons. The fraction of sp³-hybridized carbons (Fsp3) is 0.650. The van der Waals surface area contributed by atoms with Crippen molar-refractivity contribution < 1.29 is 23.0 Å². The maximum Gasteiger partial charge on any atom is 0.422 e. The van der Waals surface area contributed by atoms with Crippen LogP contribution in [0.1, 0.15) is 50.1 Å². The Bertz CT molecular complexity index is 1120. The smallest absolute Gasteiger partial charge is 0.422 e. The van der Waals surface area contributed by atoms with E-state index in [4.69, 9.17) is 9.47 Å². The van der Waals surface area contributed by atoms with Crippen LogP contribution in [0.2, 0.25) is 0 Å². The van der Waals surface area contributed by atoms with Gasteiger partial charge in [0.1, 0.15) is 10.4 Å². The lowest BCUT2D eigenvalue weighted by atomic mass is 9.88. The van der Waals surface area contributed by atoms with Crippen LogP contribution in [-0.2, 0) is 22.6 Å². The van der Waals surface area contributed by atoms with Crippen molar-refractivity contribution in [2.75, 3.05) is 13.7 Å². The van der Waals surface area contributed by atoms with Crippen molar-refractivity contribution in [2.45, 2.75) is 71.2 Å². The minimum absolute atomic E-state index is 0.179. The molecule has 1 fully saturated rings. The van der Waals surface area contributed by atoms with Gasteiger partial charge in [0.2, 0.25) is 0 Å². The van der Waals surface area contributed by atoms with E-state index in [-0.39, 0.29) is 19.7 Å². The average molecular weight is 475 g/mol. The highest BCUT2D eigenvalue weighted by molar-refractivity contribution is 7.18. The first kappa shape index (κ1) is 24.3. The molecule has 2 aromatic heterocycles. The molecular weight excluding hydrogens is 446 g/mol. The summed E-state index contributed by atoms with van der Waals surface area (Å²) in [6.45, 7) is 7.54. The van der Waals surface area contributed by atoms with Gasteiger partial charge in [0.05, 0.1) is 24.6 Å². The zero-order valence-electron chi connectivity index (χ0n) is 18.7. The SMILES string of the molecule is COCCn1c(=O)n(C2CC(F)(F)C2)c(=O)c2c(C)c(CNNC(=O)OC(C)(C)C)sc21. The summed E-state index contributed by atoms with van der Waals surface area (Å²) in [4.78, 5) is 39.2. The Morgan fingerprint density at radius 1 is 1.28 bits per heavy atom. The van der Waals surface area contributed by atoms with E-state index in [1.54, 1.807) is 27.7 Å². The van der Waals surface area contributed by atoms with E-state index in [0.717, 1.165) is 9.44 Å². The van der Waals surface area contributed by atoms with Crippen molar-refractivity contribution in [3.05, 3.63) is 31.3 Å². The lowest BCUT2D eigenvalue weighted by Crippen LogP contribution is -2.49. The van der Waals surface area contributed by atoms with Gasteiger partial charge in [-0.3, -0.25) is 19.4 Å². The largest absolute Gasteiger partial charge is 0.443 e. The normalized spacial score (nSPS) is 16.2. The third-order valence-electron chi connectivity index (χ3n) is 5.13. The second kappa shape index (κ2) is 8.91. The molecular formula is C20H28F2N4O5S. The van der Waals surface area contributed by atoms with E-state index in [1.807, 2.05) is 0 Å². The standard InChI is InChI=1S/C20H28F2N4O5S/c1-11-13(10-23-24-17(28)31-19(2,3)4)32-16-14(11)15(27)26(12-8-20(21,22)9-12)18(29)25(16)6-7-30-5/h12,23H,6-10H2,1-5H3,(H,24,28). The fourth-order valence-electron chi connectivity index (χ4n) is 3.59. The van der Waals surface area contributed by atoms with Crippen LogP contribution in [-0.4, -0.2) is 40.5 Å². The zero-order chi connectivity index (χ0) is 23.8. The van der Waals surface area contributed by atoms with E-state index in [1.165, 1.54) is 23.0 Å². The van der Waals surface area contributed by atoms with E-state index in [2.05, 4.69) is 10.9 Å². The lowest BCUT2D eigenvalue weighted by Gasteiger charge is -2.35. The molecule has 0 atom stereocenters. The molecule has 9 nitrogen and oxygen atoms in total. The first-order valence-electron chi connectivity index (χ1n) is 10.2. The molecule has 0 bridgehead atoms. The predicted octanol–water partition coefficient (Wildman–Crippen LogP) is 2.68. The summed E-state index contributed by atoms with van der Waals surface area (Å²) < 4.78 is 39.5. The van der Waals surface area contributed by atoms with Crippen LogP contribution in [0.15, 0.2) is 9.59 Å². The Labute approximate surface area is 187 Å².